The molecule has 2 heterocycles. The maximum Gasteiger partial charge on any atom is 0.253 e. The van der Waals surface area contributed by atoms with Gasteiger partial charge in [0, 0.05) is 42.4 Å². The number of carbonyl (C=O) groups excluding carboxylic acids is 1. The molecule has 1 aromatic heterocycles. The van der Waals surface area contributed by atoms with Crippen LogP contribution in [0.4, 0.5) is 13.2 Å². The molecule has 3 aromatic carbocycles. The lowest BCUT2D eigenvalue weighted by atomic mass is 9.96. The highest BCUT2D eigenvalue weighted by atomic mass is 19.3. The normalized spacial score (nSPS) is 15.6. The molecule has 0 atom stereocenters. The van der Waals surface area contributed by atoms with Crippen LogP contribution in [0.15, 0.2) is 71.1 Å². The number of piperidine rings is 1. The highest BCUT2D eigenvalue weighted by Gasteiger charge is 2.35. The molecule has 0 spiro atoms. The van der Waals surface area contributed by atoms with Gasteiger partial charge in [-0.1, -0.05) is 24.3 Å². The van der Waals surface area contributed by atoms with Gasteiger partial charge >= 0.3 is 0 Å². The second-order valence-electron chi connectivity index (χ2n) is 8.59. The zero-order valence-corrected chi connectivity index (χ0v) is 18.4. The fourth-order valence-corrected chi connectivity index (χ4v) is 4.34. The highest BCUT2D eigenvalue weighted by Crippen LogP contribution is 2.36. The van der Waals surface area contributed by atoms with Gasteiger partial charge < -0.3 is 15.1 Å². The average molecular weight is 464 g/mol. The van der Waals surface area contributed by atoms with Gasteiger partial charge in [0.05, 0.1) is 6.54 Å². The molecule has 0 bridgehead atoms. The monoisotopic (exact) mass is 464 g/mol. The summed E-state index contributed by atoms with van der Waals surface area (Å²) < 4.78 is 46.3. The van der Waals surface area contributed by atoms with Crippen molar-refractivity contribution in [3.05, 3.63) is 83.9 Å². The number of amides is 1. The van der Waals surface area contributed by atoms with E-state index in [1.807, 2.05) is 30.3 Å². The minimum Gasteiger partial charge on any atom is -0.459 e. The number of hydrogen-bond donors (Lipinski definition) is 1. The zero-order chi connectivity index (χ0) is 23.9. The lowest BCUT2D eigenvalue weighted by Crippen LogP contribution is -2.42. The molecule has 5 rings (SSSR count). The van der Waals surface area contributed by atoms with Crippen LogP contribution in [0, 0.1) is 5.82 Å². The smallest absolute Gasteiger partial charge is 0.253 e. The molecule has 1 fully saturated rings. The molecule has 4 nitrogen and oxygen atoms in total. The molecule has 1 amide bonds. The molecule has 1 aliphatic heterocycles. The molecule has 1 aliphatic rings. The van der Waals surface area contributed by atoms with Crippen LogP contribution in [-0.4, -0.2) is 29.8 Å². The topological polar surface area (TPSA) is 59.5 Å². The van der Waals surface area contributed by atoms with Crippen molar-refractivity contribution in [3.8, 4) is 22.3 Å². The number of nitrogens with two attached hydrogens (primary N) is 1. The fourth-order valence-electron chi connectivity index (χ4n) is 4.34. The summed E-state index contributed by atoms with van der Waals surface area (Å²) in [5, 5.41) is 0.867. The Bertz CT molecular complexity index is 1340. The second-order valence-corrected chi connectivity index (χ2v) is 8.59. The maximum absolute atomic E-state index is 13.5. The van der Waals surface area contributed by atoms with E-state index < -0.39 is 5.92 Å². The molecule has 0 aliphatic carbocycles. The Labute approximate surface area is 194 Å². The van der Waals surface area contributed by atoms with Gasteiger partial charge in [0.25, 0.3) is 11.8 Å². The summed E-state index contributed by atoms with van der Waals surface area (Å²) in [6, 6.07) is 19.1. The first-order chi connectivity index (χ1) is 16.3. The van der Waals surface area contributed by atoms with Gasteiger partial charge in [-0.05, 0) is 59.2 Å². The van der Waals surface area contributed by atoms with Crippen molar-refractivity contribution in [1.29, 1.82) is 0 Å². The van der Waals surface area contributed by atoms with Crippen LogP contribution in [0.3, 0.4) is 0 Å². The van der Waals surface area contributed by atoms with Crippen LogP contribution in [0.1, 0.15) is 29.0 Å². The average Bonchev–Trinajstić information content (AvgIpc) is 3.27. The van der Waals surface area contributed by atoms with Crippen molar-refractivity contribution in [3.63, 3.8) is 0 Å². The maximum atomic E-state index is 13.5. The molecule has 0 unspecified atom stereocenters. The van der Waals surface area contributed by atoms with Gasteiger partial charge in [-0.15, -0.1) is 0 Å². The standard InChI is InChI=1S/C27H23F3N2O2/c28-22-7-5-18(6-8-22)24-15-20(13-21-14-23(16-31)34-25(21)24)17-1-3-19(4-2-17)26(33)32-11-9-27(29,30)10-12-32/h1-8,13-15H,9-12,16,31H2. The Morgan fingerprint density at radius 2 is 1.56 bits per heavy atom. The summed E-state index contributed by atoms with van der Waals surface area (Å²) in [4.78, 5) is 14.2. The fraction of sp³-hybridized carbons (Fsp3) is 0.222. The van der Waals surface area contributed by atoms with Crippen LogP contribution in [0.25, 0.3) is 33.2 Å². The van der Waals surface area contributed by atoms with Gasteiger partial charge in [0.15, 0.2) is 0 Å². The number of rotatable bonds is 4. The van der Waals surface area contributed by atoms with Gasteiger partial charge in [-0.25, -0.2) is 13.2 Å². The molecule has 174 valence electrons. The Morgan fingerprint density at radius 1 is 0.912 bits per heavy atom. The first kappa shape index (κ1) is 22.2. The number of furan rings is 1. The Balaban J connectivity index is 1.48. The van der Waals surface area contributed by atoms with Crippen LogP contribution in [0.2, 0.25) is 0 Å². The first-order valence-corrected chi connectivity index (χ1v) is 11.1. The molecule has 7 heteroatoms. The van der Waals surface area contributed by atoms with Crippen LogP contribution >= 0.6 is 0 Å². The van der Waals surface area contributed by atoms with Gasteiger partial charge in [0.2, 0.25) is 0 Å². The Hall–Kier alpha value is -3.58. The number of hydrogen-bond acceptors (Lipinski definition) is 3. The number of halogens is 3. The van der Waals surface area contributed by atoms with E-state index in [2.05, 4.69) is 0 Å². The third kappa shape index (κ3) is 4.31. The van der Waals surface area contributed by atoms with Crippen molar-refractivity contribution in [2.45, 2.75) is 25.3 Å². The van der Waals surface area contributed by atoms with E-state index in [0.29, 0.717) is 16.9 Å². The van der Waals surface area contributed by atoms with Crippen molar-refractivity contribution >= 4 is 16.9 Å². The molecular weight excluding hydrogens is 441 g/mol. The molecular formula is C27H23F3N2O2. The molecule has 0 radical (unpaired) electrons. The van der Waals surface area contributed by atoms with E-state index >= 15 is 0 Å². The number of benzene rings is 3. The lowest BCUT2D eigenvalue weighted by molar-refractivity contribution is -0.0494. The summed E-state index contributed by atoms with van der Waals surface area (Å²) in [5.41, 5.74) is 10.3. The number of likely N-dealkylation sites (tertiary alicyclic amines) is 1. The van der Waals surface area contributed by atoms with E-state index in [1.165, 1.54) is 17.0 Å². The number of alkyl halides is 2. The zero-order valence-electron chi connectivity index (χ0n) is 18.4. The van der Waals surface area contributed by atoms with Gasteiger partial charge in [0.1, 0.15) is 17.2 Å². The van der Waals surface area contributed by atoms with Gasteiger partial charge in [-0.3, -0.25) is 4.79 Å². The lowest BCUT2D eigenvalue weighted by Gasteiger charge is -2.31. The SMILES string of the molecule is NCc1cc2cc(-c3ccc(C(=O)N4CCC(F)(F)CC4)cc3)cc(-c3ccc(F)cc3)c2o1. The molecule has 0 saturated carbocycles. The highest BCUT2D eigenvalue weighted by molar-refractivity contribution is 5.98. The number of carbonyl (C=O) groups is 1. The molecule has 2 N–H and O–H groups in total. The quantitative estimate of drug-likeness (QED) is 0.389. The predicted molar refractivity (Wildman–Crippen MR) is 125 cm³/mol. The van der Waals surface area contributed by atoms with Crippen molar-refractivity contribution in [2.24, 2.45) is 5.73 Å². The van der Waals surface area contributed by atoms with Crippen LogP contribution in [-0.2, 0) is 6.54 Å². The summed E-state index contributed by atoms with van der Waals surface area (Å²) in [6.45, 7) is 0.358. The van der Waals surface area contributed by atoms with Crippen molar-refractivity contribution in [2.75, 3.05) is 13.1 Å². The van der Waals surface area contributed by atoms with E-state index in [-0.39, 0.29) is 44.2 Å². The van der Waals surface area contributed by atoms with Gasteiger partial charge in [-0.2, -0.15) is 0 Å². The van der Waals surface area contributed by atoms with E-state index in [0.717, 1.165) is 27.6 Å². The molecule has 34 heavy (non-hydrogen) atoms. The number of fused-ring (bicyclic) bond motifs is 1. The summed E-state index contributed by atoms with van der Waals surface area (Å²) in [7, 11) is 0. The predicted octanol–water partition coefficient (Wildman–Crippen LogP) is 6.24. The first-order valence-electron chi connectivity index (χ1n) is 11.1. The van der Waals surface area contributed by atoms with Crippen LogP contribution in [0.5, 0.6) is 0 Å². The Kier molecular flexibility index (Phi) is 5.65. The Morgan fingerprint density at radius 3 is 2.21 bits per heavy atom. The minimum absolute atomic E-state index is 0.0508. The molecule has 1 saturated heterocycles. The minimum atomic E-state index is -2.70. The van der Waals surface area contributed by atoms with Crippen LogP contribution < -0.4 is 5.73 Å². The third-order valence-corrected chi connectivity index (χ3v) is 6.27. The van der Waals surface area contributed by atoms with E-state index in [1.54, 1.807) is 24.3 Å². The summed E-state index contributed by atoms with van der Waals surface area (Å²) in [5.74, 6) is -2.62. The largest absolute Gasteiger partial charge is 0.459 e. The molecule has 4 aromatic rings. The summed E-state index contributed by atoms with van der Waals surface area (Å²) >= 11 is 0. The van der Waals surface area contributed by atoms with E-state index in [4.69, 9.17) is 10.2 Å². The van der Waals surface area contributed by atoms with E-state index in [9.17, 15) is 18.0 Å². The third-order valence-electron chi connectivity index (χ3n) is 6.27. The number of nitrogens with zero attached hydrogens (tertiary/aromatic N) is 1. The van der Waals surface area contributed by atoms with Crippen molar-refractivity contribution in [1.82, 2.24) is 4.90 Å². The second kappa shape index (κ2) is 8.65. The van der Waals surface area contributed by atoms with Crippen molar-refractivity contribution < 1.29 is 22.4 Å². The summed E-state index contributed by atoms with van der Waals surface area (Å²) in [6.07, 6.45) is -0.614.